The number of fused-ring (bicyclic) bond motifs is 1. The van der Waals surface area contributed by atoms with E-state index in [0.29, 0.717) is 5.56 Å². The summed E-state index contributed by atoms with van der Waals surface area (Å²) in [7, 11) is 0. The second-order valence-electron chi connectivity index (χ2n) is 5.29. The molecule has 1 N–H and O–H groups in total. The molecule has 1 amide bonds. The van der Waals surface area contributed by atoms with Gasteiger partial charge >= 0.3 is 5.97 Å². The van der Waals surface area contributed by atoms with E-state index in [0.717, 1.165) is 25.7 Å². The molecule has 108 valence electrons. The van der Waals surface area contributed by atoms with E-state index in [4.69, 9.17) is 4.74 Å². The summed E-state index contributed by atoms with van der Waals surface area (Å²) in [6.07, 6.45) is 4.10. The minimum absolute atomic E-state index is 0.0983. The maximum atomic E-state index is 11.9. The lowest BCUT2D eigenvalue weighted by Crippen LogP contribution is -2.35. The van der Waals surface area contributed by atoms with Crippen LogP contribution in [0.25, 0.3) is 0 Å². The third-order valence-corrected chi connectivity index (χ3v) is 3.69. The van der Waals surface area contributed by atoms with Gasteiger partial charge in [0.05, 0.1) is 5.56 Å². The summed E-state index contributed by atoms with van der Waals surface area (Å²) in [5.41, 5.74) is 3.07. The molecule has 4 heteroatoms. The van der Waals surface area contributed by atoms with Gasteiger partial charge in [-0.1, -0.05) is 13.0 Å². The van der Waals surface area contributed by atoms with E-state index in [1.165, 1.54) is 11.1 Å². The van der Waals surface area contributed by atoms with Crippen molar-refractivity contribution in [1.82, 2.24) is 5.32 Å². The third-order valence-electron chi connectivity index (χ3n) is 3.69. The fraction of sp³-hybridized carbons (Fsp3) is 0.500. The minimum Gasteiger partial charge on any atom is -0.452 e. The molecule has 0 spiro atoms. The molecular weight excluding hydrogens is 254 g/mol. The second kappa shape index (κ2) is 6.55. The summed E-state index contributed by atoms with van der Waals surface area (Å²) in [4.78, 5) is 23.4. The number of benzene rings is 1. The van der Waals surface area contributed by atoms with Gasteiger partial charge in [0.25, 0.3) is 5.91 Å². The largest absolute Gasteiger partial charge is 0.452 e. The SMILES string of the molecule is CC[C@H](C)NC(=O)COC(=O)c1ccc2c(c1)CCC2. The summed E-state index contributed by atoms with van der Waals surface area (Å²) in [6.45, 7) is 3.68. The van der Waals surface area contributed by atoms with Gasteiger partial charge in [-0.2, -0.15) is 0 Å². The van der Waals surface area contributed by atoms with Gasteiger partial charge in [0.1, 0.15) is 0 Å². The first kappa shape index (κ1) is 14.6. The van der Waals surface area contributed by atoms with Crippen molar-refractivity contribution in [3.05, 3.63) is 34.9 Å². The highest BCUT2D eigenvalue weighted by Gasteiger charge is 2.15. The maximum Gasteiger partial charge on any atom is 0.338 e. The standard InChI is InChI=1S/C16H21NO3/c1-3-11(2)17-15(18)10-20-16(19)14-8-7-12-5-4-6-13(12)9-14/h7-9,11H,3-6,10H2,1-2H3,(H,17,18)/t11-/m0/s1. The van der Waals surface area contributed by atoms with E-state index in [1.54, 1.807) is 6.07 Å². The maximum absolute atomic E-state index is 11.9. The average Bonchev–Trinajstić information content (AvgIpc) is 2.91. The third kappa shape index (κ3) is 3.59. The van der Waals surface area contributed by atoms with E-state index in [-0.39, 0.29) is 18.6 Å². The molecular formula is C16H21NO3. The Bertz CT molecular complexity index is 510. The number of carbonyl (C=O) groups excluding carboxylic acids is 2. The van der Waals surface area contributed by atoms with Crippen LogP contribution in [0.1, 0.15) is 48.2 Å². The van der Waals surface area contributed by atoms with Crippen LogP contribution in [0.2, 0.25) is 0 Å². The number of nitrogens with one attached hydrogen (secondary N) is 1. The number of carbonyl (C=O) groups is 2. The molecule has 0 heterocycles. The molecule has 0 unspecified atom stereocenters. The Hall–Kier alpha value is -1.84. The predicted molar refractivity (Wildman–Crippen MR) is 76.6 cm³/mol. The van der Waals surface area contributed by atoms with Gasteiger partial charge < -0.3 is 10.1 Å². The molecule has 1 aromatic rings. The Morgan fingerprint density at radius 3 is 2.80 bits per heavy atom. The minimum atomic E-state index is -0.431. The van der Waals surface area contributed by atoms with Gasteiger partial charge in [0.2, 0.25) is 0 Å². The first-order chi connectivity index (χ1) is 9.60. The molecule has 0 aromatic heterocycles. The number of aryl methyl sites for hydroxylation is 2. The Morgan fingerprint density at radius 2 is 2.05 bits per heavy atom. The topological polar surface area (TPSA) is 55.4 Å². The quantitative estimate of drug-likeness (QED) is 0.839. The van der Waals surface area contributed by atoms with Crippen molar-refractivity contribution in [2.75, 3.05) is 6.61 Å². The lowest BCUT2D eigenvalue weighted by molar-refractivity contribution is -0.124. The van der Waals surface area contributed by atoms with Crippen LogP contribution < -0.4 is 5.32 Å². The number of hydrogen-bond donors (Lipinski definition) is 1. The molecule has 0 saturated carbocycles. The summed E-state index contributed by atoms with van der Waals surface area (Å²) in [5, 5.41) is 2.76. The predicted octanol–water partition coefficient (Wildman–Crippen LogP) is 2.25. The van der Waals surface area contributed by atoms with Crippen LogP contribution >= 0.6 is 0 Å². The fourth-order valence-electron chi connectivity index (χ4n) is 2.33. The molecule has 20 heavy (non-hydrogen) atoms. The molecule has 1 aromatic carbocycles. The number of esters is 1. The van der Waals surface area contributed by atoms with Crippen molar-refractivity contribution >= 4 is 11.9 Å². The molecule has 0 saturated heterocycles. The number of ether oxygens (including phenoxy) is 1. The van der Waals surface area contributed by atoms with Gasteiger partial charge in [0, 0.05) is 6.04 Å². The zero-order valence-corrected chi connectivity index (χ0v) is 12.1. The summed E-state index contributed by atoms with van der Waals surface area (Å²) in [6, 6.07) is 5.75. The van der Waals surface area contributed by atoms with E-state index in [2.05, 4.69) is 5.32 Å². The number of amides is 1. The van der Waals surface area contributed by atoms with E-state index in [9.17, 15) is 9.59 Å². The van der Waals surface area contributed by atoms with E-state index >= 15 is 0 Å². The second-order valence-corrected chi connectivity index (χ2v) is 5.29. The fourth-order valence-corrected chi connectivity index (χ4v) is 2.33. The number of hydrogen-bond acceptors (Lipinski definition) is 3. The summed E-state index contributed by atoms with van der Waals surface area (Å²) >= 11 is 0. The van der Waals surface area contributed by atoms with Crippen LogP contribution in [0.5, 0.6) is 0 Å². The lowest BCUT2D eigenvalue weighted by atomic mass is 10.1. The van der Waals surface area contributed by atoms with Crippen molar-refractivity contribution in [2.24, 2.45) is 0 Å². The van der Waals surface area contributed by atoms with Crippen LogP contribution in [0.15, 0.2) is 18.2 Å². The van der Waals surface area contributed by atoms with Crippen molar-refractivity contribution in [3.63, 3.8) is 0 Å². The number of rotatable bonds is 5. The Balaban J connectivity index is 1.87. The summed E-state index contributed by atoms with van der Waals surface area (Å²) < 4.78 is 5.04. The van der Waals surface area contributed by atoms with Crippen molar-refractivity contribution in [3.8, 4) is 0 Å². The van der Waals surface area contributed by atoms with Gasteiger partial charge in [-0.25, -0.2) is 4.79 Å². The van der Waals surface area contributed by atoms with Crippen LogP contribution in [0.3, 0.4) is 0 Å². The molecule has 0 fully saturated rings. The monoisotopic (exact) mass is 275 g/mol. The van der Waals surface area contributed by atoms with Crippen molar-refractivity contribution in [2.45, 2.75) is 45.6 Å². The van der Waals surface area contributed by atoms with Crippen LogP contribution in [0, 0.1) is 0 Å². The highest BCUT2D eigenvalue weighted by atomic mass is 16.5. The molecule has 0 aliphatic heterocycles. The Labute approximate surface area is 119 Å². The molecule has 1 aliphatic carbocycles. The Kier molecular flexibility index (Phi) is 4.77. The first-order valence-corrected chi connectivity index (χ1v) is 7.18. The molecule has 2 rings (SSSR count). The van der Waals surface area contributed by atoms with Gasteiger partial charge in [-0.3, -0.25) is 4.79 Å². The zero-order chi connectivity index (χ0) is 14.5. The summed E-state index contributed by atoms with van der Waals surface area (Å²) in [5.74, 6) is -0.687. The molecule has 4 nitrogen and oxygen atoms in total. The average molecular weight is 275 g/mol. The highest BCUT2D eigenvalue weighted by Crippen LogP contribution is 2.23. The lowest BCUT2D eigenvalue weighted by Gasteiger charge is -2.11. The zero-order valence-electron chi connectivity index (χ0n) is 12.1. The van der Waals surface area contributed by atoms with Gasteiger partial charge in [0.15, 0.2) is 6.61 Å². The van der Waals surface area contributed by atoms with Crippen LogP contribution in [-0.4, -0.2) is 24.5 Å². The van der Waals surface area contributed by atoms with E-state index < -0.39 is 5.97 Å². The molecule has 0 bridgehead atoms. The van der Waals surface area contributed by atoms with Crippen LogP contribution in [-0.2, 0) is 22.4 Å². The molecule has 1 aliphatic rings. The van der Waals surface area contributed by atoms with E-state index in [1.807, 2.05) is 26.0 Å². The van der Waals surface area contributed by atoms with Crippen LogP contribution in [0.4, 0.5) is 0 Å². The van der Waals surface area contributed by atoms with Crippen molar-refractivity contribution in [1.29, 1.82) is 0 Å². The highest BCUT2D eigenvalue weighted by molar-refractivity contribution is 5.91. The first-order valence-electron chi connectivity index (χ1n) is 7.18. The Morgan fingerprint density at radius 1 is 1.30 bits per heavy atom. The van der Waals surface area contributed by atoms with Gasteiger partial charge in [-0.15, -0.1) is 0 Å². The molecule has 1 atom stereocenters. The van der Waals surface area contributed by atoms with Crippen molar-refractivity contribution < 1.29 is 14.3 Å². The molecule has 0 radical (unpaired) electrons. The van der Waals surface area contributed by atoms with Gasteiger partial charge in [-0.05, 0) is 55.9 Å². The normalized spacial score (nSPS) is 14.5. The smallest absolute Gasteiger partial charge is 0.338 e.